The Kier molecular flexibility index (Phi) is 3.23. The lowest BCUT2D eigenvalue weighted by atomic mass is 10.1. The number of hydrogen-bond acceptors (Lipinski definition) is 2. The first kappa shape index (κ1) is 12.2. The molecule has 2 heterocycles. The van der Waals surface area contributed by atoms with Crippen LogP contribution in [0, 0.1) is 0 Å². The fraction of sp³-hybridized carbons (Fsp3) is 0.133. The zero-order valence-electron chi connectivity index (χ0n) is 10.4. The molecule has 3 rings (SSSR count). The fourth-order valence-electron chi connectivity index (χ4n) is 2.28. The van der Waals surface area contributed by atoms with Crippen LogP contribution < -0.4 is 5.73 Å². The molecule has 3 nitrogen and oxygen atoms in total. The third kappa shape index (κ3) is 2.23. The van der Waals surface area contributed by atoms with Gasteiger partial charge in [-0.2, -0.15) is 0 Å². The minimum Gasteiger partial charge on any atom is -0.330 e. The summed E-state index contributed by atoms with van der Waals surface area (Å²) in [5.74, 6) is 0. The molecule has 4 heteroatoms. The van der Waals surface area contributed by atoms with Gasteiger partial charge in [0.1, 0.15) is 5.65 Å². The van der Waals surface area contributed by atoms with Crippen LogP contribution in [0.2, 0.25) is 5.02 Å². The van der Waals surface area contributed by atoms with E-state index < -0.39 is 0 Å². The van der Waals surface area contributed by atoms with Crippen LogP contribution in [0.3, 0.4) is 0 Å². The molecule has 0 radical (unpaired) electrons. The summed E-state index contributed by atoms with van der Waals surface area (Å²) in [4.78, 5) is 4.64. The van der Waals surface area contributed by atoms with E-state index in [4.69, 9.17) is 17.3 Å². The lowest BCUT2D eigenvalue weighted by Gasteiger charge is -2.05. The molecule has 0 atom stereocenters. The standard InChI is InChI=1S/C15H14ClN3/c16-12-6-7-14-18-13(8-9-17)15(19(14)10-12)11-4-2-1-3-5-11/h1-7,10H,8-9,17H2. The fourth-order valence-corrected chi connectivity index (χ4v) is 2.44. The topological polar surface area (TPSA) is 43.3 Å². The number of imidazole rings is 1. The smallest absolute Gasteiger partial charge is 0.137 e. The van der Waals surface area contributed by atoms with Crippen molar-refractivity contribution in [3.05, 3.63) is 59.4 Å². The molecule has 0 aliphatic rings. The van der Waals surface area contributed by atoms with Crippen molar-refractivity contribution in [3.8, 4) is 11.3 Å². The van der Waals surface area contributed by atoms with E-state index in [1.807, 2.05) is 40.9 Å². The summed E-state index contributed by atoms with van der Waals surface area (Å²) in [6.07, 6.45) is 2.65. The third-order valence-electron chi connectivity index (χ3n) is 3.08. The summed E-state index contributed by atoms with van der Waals surface area (Å²) < 4.78 is 2.03. The second-order valence-corrected chi connectivity index (χ2v) is 4.82. The van der Waals surface area contributed by atoms with Gasteiger partial charge in [0.2, 0.25) is 0 Å². The second-order valence-electron chi connectivity index (χ2n) is 4.39. The van der Waals surface area contributed by atoms with E-state index in [0.717, 1.165) is 29.0 Å². The van der Waals surface area contributed by atoms with Gasteiger partial charge in [0.05, 0.1) is 16.4 Å². The van der Waals surface area contributed by atoms with E-state index in [1.165, 1.54) is 0 Å². The van der Waals surface area contributed by atoms with Crippen molar-refractivity contribution in [2.75, 3.05) is 6.54 Å². The van der Waals surface area contributed by atoms with E-state index in [9.17, 15) is 0 Å². The SMILES string of the molecule is NCCc1nc2ccc(Cl)cn2c1-c1ccccc1. The van der Waals surface area contributed by atoms with Crippen molar-refractivity contribution >= 4 is 17.2 Å². The lowest BCUT2D eigenvalue weighted by molar-refractivity contribution is 0.939. The van der Waals surface area contributed by atoms with E-state index in [1.54, 1.807) is 0 Å². The van der Waals surface area contributed by atoms with Crippen LogP contribution in [-0.2, 0) is 6.42 Å². The van der Waals surface area contributed by atoms with Crippen molar-refractivity contribution in [2.45, 2.75) is 6.42 Å². The van der Waals surface area contributed by atoms with Crippen LogP contribution in [0.25, 0.3) is 16.9 Å². The van der Waals surface area contributed by atoms with Gasteiger partial charge in [-0.15, -0.1) is 0 Å². The Hall–Kier alpha value is -1.84. The number of nitrogens with zero attached hydrogens (tertiary/aromatic N) is 2. The minimum absolute atomic E-state index is 0.581. The molecule has 19 heavy (non-hydrogen) atoms. The van der Waals surface area contributed by atoms with Gasteiger partial charge in [0.25, 0.3) is 0 Å². The number of halogens is 1. The molecule has 1 aromatic carbocycles. The van der Waals surface area contributed by atoms with Crippen LogP contribution in [-0.4, -0.2) is 15.9 Å². The predicted molar refractivity (Wildman–Crippen MR) is 78.4 cm³/mol. The Labute approximate surface area is 116 Å². The van der Waals surface area contributed by atoms with Crippen LogP contribution in [0.4, 0.5) is 0 Å². The summed E-state index contributed by atoms with van der Waals surface area (Å²) in [7, 11) is 0. The Morgan fingerprint density at radius 1 is 1.11 bits per heavy atom. The van der Waals surface area contributed by atoms with Crippen LogP contribution in [0.1, 0.15) is 5.69 Å². The van der Waals surface area contributed by atoms with E-state index >= 15 is 0 Å². The Morgan fingerprint density at radius 2 is 1.89 bits per heavy atom. The van der Waals surface area contributed by atoms with Crippen LogP contribution in [0.15, 0.2) is 48.7 Å². The third-order valence-corrected chi connectivity index (χ3v) is 3.31. The first-order valence-corrected chi connectivity index (χ1v) is 6.59. The van der Waals surface area contributed by atoms with Crippen LogP contribution >= 0.6 is 11.6 Å². The molecule has 0 unspecified atom stereocenters. The minimum atomic E-state index is 0.581. The quantitative estimate of drug-likeness (QED) is 0.795. The molecule has 3 aromatic rings. The number of hydrogen-bond donors (Lipinski definition) is 1. The van der Waals surface area contributed by atoms with Crippen molar-refractivity contribution in [1.29, 1.82) is 0 Å². The van der Waals surface area contributed by atoms with Crippen molar-refractivity contribution in [3.63, 3.8) is 0 Å². The maximum atomic E-state index is 6.09. The molecule has 0 bridgehead atoms. The maximum Gasteiger partial charge on any atom is 0.137 e. The molecule has 0 aliphatic heterocycles. The molecule has 0 fully saturated rings. The molecule has 0 saturated carbocycles. The molecule has 0 amide bonds. The zero-order valence-corrected chi connectivity index (χ0v) is 11.1. The average molecular weight is 272 g/mol. The van der Waals surface area contributed by atoms with Gasteiger partial charge in [-0.3, -0.25) is 4.40 Å². The predicted octanol–water partition coefficient (Wildman–Crippen LogP) is 3.16. The summed E-state index contributed by atoms with van der Waals surface area (Å²) >= 11 is 6.09. The largest absolute Gasteiger partial charge is 0.330 e. The second kappa shape index (κ2) is 5.03. The van der Waals surface area contributed by atoms with E-state index in [-0.39, 0.29) is 0 Å². The molecule has 0 spiro atoms. The number of nitrogens with two attached hydrogens (primary N) is 1. The van der Waals surface area contributed by atoms with Gasteiger partial charge in [0.15, 0.2) is 0 Å². The number of rotatable bonds is 3. The van der Waals surface area contributed by atoms with Gasteiger partial charge in [-0.05, 0) is 18.7 Å². The maximum absolute atomic E-state index is 6.09. The molecular formula is C15H14ClN3. The number of pyridine rings is 1. The zero-order chi connectivity index (χ0) is 13.2. The highest BCUT2D eigenvalue weighted by atomic mass is 35.5. The highest BCUT2D eigenvalue weighted by Gasteiger charge is 2.13. The number of aromatic nitrogens is 2. The van der Waals surface area contributed by atoms with E-state index in [0.29, 0.717) is 11.6 Å². The normalized spacial score (nSPS) is 11.1. The summed E-state index contributed by atoms with van der Waals surface area (Å²) in [6.45, 7) is 0.581. The van der Waals surface area contributed by atoms with Crippen molar-refractivity contribution in [2.24, 2.45) is 5.73 Å². The Balaban J connectivity index is 2.30. The van der Waals surface area contributed by atoms with Gasteiger partial charge in [-0.1, -0.05) is 41.9 Å². The molecule has 0 saturated heterocycles. The highest BCUT2D eigenvalue weighted by molar-refractivity contribution is 6.30. The van der Waals surface area contributed by atoms with Crippen molar-refractivity contribution < 1.29 is 0 Å². The highest BCUT2D eigenvalue weighted by Crippen LogP contribution is 2.26. The summed E-state index contributed by atoms with van der Waals surface area (Å²) in [5.41, 5.74) is 9.79. The molecule has 0 aliphatic carbocycles. The molecule has 96 valence electrons. The van der Waals surface area contributed by atoms with Gasteiger partial charge >= 0.3 is 0 Å². The van der Waals surface area contributed by atoms with Gasteiger partial charge in [-0.25, -0.2) is 4.98 Å². The number of fused-ring (bicyclic) bond motifs is 1. The molecule has 2 aromatic heterocycles. The summed E-state index contributed by atoms with van der Waals surface area (Å²) in [6, 6.07) is 14.0. The van der Waals surface area contributed by atoms with E-state index in [2.05, 4.69) is 17.1 Å². The Bertz CT molecular complexity index is 704. The first-order valence-electron chi connectivity index (χ1n) is 6.21. The van der Waals surface area contributed by atoms with Gasteiger partial charge in [0, 0.05) is 18.2 Å². The number of benzene rings is 1. The van der Waals surface area contributed by atoms with Crippen molar-refractivity contribution in [1.82, 2.24) is 9.38 Å². The van der Waals surface area contributed by atoms with Crippen LogP contribution in [0.5, 0.6) is 0 Å². The molecule has 2 N–H and O–H groups in total. The monoisotopic (exact) mass is 271 g/mol. The van der Waals surface area contributed by atoms with Gasteiger partial charge < -0.3 is 5.73 Å². The first-order chi connectivity index (χ1) is 9.29. The summed E-state index contributed by atoms with van der Waals surface area (Å²) in [5, 5.41) is 0.696. The molecular weight excluding hydrogens is 258 g/mol. The Morgan fingerprint density at radius 3 is 2.63 bits per heavy atom. The average Bonchev–Trinajstić information content (AvgIpc) is 2.77. The lowest BCUT2D eigenvalue weighted by Crippen LogP contribution is -2.04.